The lowest BCUT2D eigenvalue weighted by Gasteiger charge is -2.28. The summed E-state index contributed by atoms with van der Waals surface area (Å²) in [4.78, 5) is 25.1. The molecule has 1 aliphatic carbocycles. The van der Waals surface area contributed by atoms with E-state index in [4.69, 9.17) is 0 Å². The fraction of sp³-hybridized carbons (Fsp3) is 0.524. The van der Waals surface area contributed by atoms with Crippen LogP contribution >= 0.6 is 0 Å². The van der Waals surface area contributed by atoms with Crippen molar-refractivity contribution in [3.63, 3.8) is 0 Å². The van der Waals surface area contributed by atoms with Gasteiger partial charge in [-0.1, -0.05) is 6.92 Å². The van der Waals surface area contributed by atoms with Gasteiger partial charge in [0.25, 0.3) is 0 Å². The predicted molar refractivity (Wildman–Crippen MR) is 96.7 cm³/mol. The van der Waals surface area contributed by atoms with Gasteiger partial charge in [-0.2, -0.15) is 0 Å². The van der Waals surface area contributed by atoms with Crippen molar-refractivity contribution in [1.29, 1.82) is 0 Å². The number of Topliss-reactive ketones (excluding diaryl/α,β-unsaturated/α-hetero) is 2. The Bertz CT molecular complexity index is 689. The molecule has 1 aliphatic rings. The molecule has 130 valence electrons. The van der Waals surface area contributed by atoms with Crippen molar-refractivity contribution in [3.05, 3.63) is 44.7 Å². The number of rotatable bonds is 3. The van der Waals surface area contributed by atoms with E-state index in [2.05, 4.69) is 34.6 Å². The Labute approximate surface area is 144 Å². The summed E-state index contributed by atoms with van der Waals surface area (Å²) < 4.78 is 0. The topological polar surface area (TPSA) is 54.4 Å². The second-order valence-corrected chi connectivity index (χ2v) is 7.06. The number of hydrogen-bond acceptors (Lipinski definition) is 3. The average Bonchev–Trinajstić information content (AvgIpc) is 2.51. The molecule has 0 aromatic heterocycles. The van der Waals surface area contributed by atoms with Crippen LogP contribution in [-0.2, 0) is 9.59 Å². The van der Waals surface area contributed by atoms with Crippen LogP contribution in [0.15, 0.2) is 11.3 Å². The second kappa shape index (κ2) is 6.92. The zero-order chi connectivity index (χ0) is 18.2. The van der Waals surface area contributed by atoms with Gasteiger partial charge in [-0.05, 0) is 80.3 Å². The molecule has 2 rings (SSSR count). The summed E-state index contributed by atoms with van der Waals surface area (Å²) in [5, 5.41) is 10.0. The summed E-state index contributed by atoms with van der Waals surface area (Å²) in [6.07, 6.45) is 1.71. The summed E-state index contributed by atoms with van der Waals surface area (Å²) in [6, 6.07) is 0. The molecule has 0 amide bonds. The maximum Gasteiger partial charge on any atom is 0.170 e. The first-order chi connectivity index (χ1) is 11.2. The highest BCUT2D eigenvalue weighted by atomic mass is 16.3. The lowest BCUT2D eigenvalue weighted by Crippen LogP contribution is -2.27. The van der Waals surface area contributed by atoms with E-state index in [1.807, 2.05) is 6.92 Å². The number of aliphatic hydroxyl groups is 1. The summed E-state index contributed by atoms with van der Waals surface area (Å²) in [7, 11) is 0. The van der Waals surface area contributed by atoms with Gasteiger partial charge in [0.15, 0.2) is 11.6 Å². The molecule has 1 fully saturated rings. The van der Waals surface area contributed by atoms with Crippen LogP contribution in [0.25, 0.3) is 0 Å². The lowest BCUT2D eigenvalue weighted by molar-refractivity contribution is -0.124. The first-order valence-corrected chi connectivity index (χ1v) is 8.75. The minimum absolute atomic E-state index is 0.0318. The van der Waals surface area contributed by atoms with Crippen LogP contribution in [0.5, 0.6) is 0 Å². The Balaban J connectivity index is 2.47. The maximum atomic E-state index is 12.5. The van der Waals surface area contributed by atoms with E-state index < -0.39 is 0 Å². The first-order valence-electron chi connectivity index (χ1n) is 8.75. The minimum Gasteiger partial charge on any atom is -0.511 e. The van der Waals surface area contributed by atoms with Crippen molar-refractivity contribution in [2.24, 2.45) is 0 Å². The van der Waals surface area contributed by atoms with Crippen LogP contribution < -0.4 is 0 Å². The highest BCUT2D eigenvalue weighted by Crippen LogP contribution is 2.39. The van der Waals surface area contributed by atoms with Gasteiger partial charge in [0.05, 0.1) is 5.57 Å². The van der Waals surface area contributed by atoms with Crippen molar-refractivity contribution in [3.8, 4) is 0 Å². The average molecular weight is 328 g/mol. The van der Waals surface area contributed by atoms with Gasteiger partial charge < -0.3 is 5.11 Å². The van der Waals surface area contributed by atoms with Crippen LogP contribution in [0.3, 0.4) is 0 Å². The first kappa shape index (κ1) is 18.4. The highest BCUT2D eigenvalue weighted by Gasteiger charge is 2.35. The molecule has 0 radical (unpaired) electrons. The molecule has 0 heterocycles. The van der Waals surface area contributed by atoms with Crippen LogP contribution in [0.2, 0.25) is 0 Å². The molecule has 1 aromatic rings. The quantitative estimate of drug-likeness (QED) is 0.490. The summed E-state index contributed by atoms with van der Waals surface area (Å²) >= 11 is 0. The molecule has 1 saturated carbocycles. The number of ketones is 2. The smallest absolute Gasteiger partial charge is 0.170 e. The normalized spacial score (nSPS) is 18.2. The van der Waals surface area contributed by atoms with E-state index >= 15 is 0 Å². The largest absolute Gasteiger partial charge is 0.511 e. The number of aliphatic hydroxyl groups excluding tert-OH is 1. The van der Waals surface area contributed by atoms with Crippen molar-refractivity contribution in [2.75, 3.05) is 0 Å². The Kier molecular flexibility index (Phi) is 5.32. The number of allylic oxidation sites excluding steroid dienone is 2. The SMILES string of the molecule is CCCC(O)=C1C(=O)CC(c2c(C)c(C)c(C)c(C)c2C)CC1=O. The van der Waals surface area contributed by atoms with Crippen LogP contribution in [-0.4, -0.2) is 16.7 Å². The fourth-order valence-electron chi connectivity index (χ4n) is 3.91. The fourth-order valence-corrected chi connectivity index (χ4v) is 3.91. The third kappa shape index (κ3) is 3.04. The Morgan fingerprint density at radius 2 is 1.29 bits per heavy atom. The molecule has 0 saturated heterocycles. The maximum absolute atomic E-state index is 12.5. The van der Waals surface area contributed by atoms with Crippen molar-refractivity contribution < 1.29 is 14.7 Å². The molecule has 3 heteroatoms. The van der Waals surface area contributed by atoms with Gasteiger partial charge in [-0.3, -0.25) is 9.59 Å². The van der Waals surface area contributed by atoms with Gasteiger partial charge >= 0.3 is 0 Å². The third-order valence-electron chi connectivity index (χ3n) is 5.66. The van der Waals surface area contributed by atoms with E-state index in [0.29, 0.717) is 25.7 Å². The third-order valence-corrected chi connectivity index (χ3v) is 5.66. The molecule has 0 aliphatic heterocycles. The van der Waals surface area contributed by atoms with Gasteiger partial charge in [0.1, 0.15) is 5.76 Å². The number of carbonyl (C=O) groups excluding carboxylic acids is 2. The molecule has 0 unspecified atom stereocenters. The molecule has 24 heavy (non-hydrogen) atoms. The molecular formula is C21H28O3. The molecule has 1 aromatic carbocycles. The Morgan fingerprint density at radius 3 is 1.71 bits per heavy atom. The molecular weight excluding hydrogens is 300 g/mol. The van der Waals surface area contributed by atoms with Gasteiger partial charge in [-0.25, -0.2) is 0 Å². The second-order valence-electron chi connectivity index (χ2n) is 7.06. The van der Waals surface area contributed by atoms with Crippen molar-refractivity contribution in [1.82, 2.24) is 0 Å². The standard InChI is InChI=1S/C21H28O3/c1-7-8-17(22)21-18(23)9-16(10-19(21)24)20-14(5)12(3)11(2)13(4)15(20)6/h16,22H,7-10H2,1-6H3. The van der Waals surface area contributed by atoms with Gasteiger partial charge in [0, 0.05) is 19.3 Å². The molecule has 0 spiro atoms. The van der Waals surface area contributed by atoms with Crippen LogP contribution in [0, 0.1) is 34.6 Å². The lowest BCUT2D eigenvalue weighted by atomic mass is 9.74. The number of benzene rings is 1. The van der Waals surface area contributed by atoms with Crippen molar-refractivity contribution >= 4 is 11.6 Å². The number of hydrogen-bond donors (Lipinski definition) is 1. The van der Waals surface area contributed by atoms with E-state index in [0.717, 1.165) is 5.56 Å². The minimum atomic E-state index is -0.211. The summed E-state index contributed by atoms with van der Waals surface area (Å²) in [6.45, 7) is 12.4. The van der Waals surface area contributed by atoms with Crippen LogP contribution in [0.4, 0.5) is 0 Å². The highest BCUT2D eigenvalue weighted by molar-refractivity contribution is 6.22. The van der Waals surface area contributed by atoms with Gasteiger partial charge in [-0.15, -0.1) is 0 Å². The Hall–Kier alpha value is -1.90. The predicted octanol–water partition coefficient (Wildman–Crippen LogP) is 4.86. The van der Waals surface area contributed by atoms with Crippen molar-refractivity contribution in [2.45, 2.75) is 73.1 Å². The van der Waals surface area contributed by atoms with E-state index in [-0.39, 0.29) is 28.8 Å². The molecule has 0 atom stereocenters. The van der Waals surface area contributed by atoms with Gasteiger partial charge in [0.2, 0.25) is 0 Å². The number of carbonyl (C=O) groups is 2. The Morgan fingerprint density at radius 1 is 0.875 bits per heavy atom. The monoisotopic (exact) mass is 328 g/mol. The van der Waals surface area contributed by atoms with E-state index in [9.17, 15) is 14.7 Å². The summed E-state index contributed by atoms with van der Waals surface area (Å²) in [5.41, 5.74) is 7.32. The zero-order valence-electron chi connectivity index (χ0n) is 15.7. The molecule has 1 N–H and O–H groups in total. The molecule has 3 nitrogen and oxygen atoms in total. The summed E-state index contributed by atoms with van der Waals surface area (Å²) in [5.74, 6) is -0.536. The zero-order valence-corrected chi connectivity index (χ0v) is 15.7. The van der Waals surface area contributed by atoms with Crippen LogP contribution in [0.1, 0.15) is 71.9 Å². The molecule has 0 bridgehead atoms. The van der Waals surface area contributed by atoms with E-state index in [1.54, 1.807) is 0 Å². The van der Waals surface area contributed by atoms with E-state index in [1.165, 1.54) is 27.8 Å².